The van der Waals surface area contributed by atoms with Crippen LogP contribution in [0.4, 0.5) is 0 Å². The molecule has 1 rings (SSSR count). The highest BCUT2D eigenvalue weighted by Crippen LogP contribution is 2.09. The van der Waals surface area contributed by atoms with Crippen molar-refractivity contribution in [3.8, 4) is 0 Å². The summed E-state index contributed by atoms with van der Waals surface area (Å²) >= 11 is 0. The van der Waals surface area contributed by atoms with Crippen LogP contribution in [0.25, 0.3) is 0 Å². The molecule has 19 heavy (non-hydrogen) atoms. The molecule has 0 aromatic heterocycles. The minimum Gasteiger partial charge on any atom is -0.480 e. The number of carbonyl (C=O) groups is 2. The van der Waals surface area contributed by atoms with Gasteiger partial charge in [0.25, 0.3) is 0 Å². The lowest BCUT2D eigenvalue weighted by Crippen LogP contribution is -2.39. The second-order valence-electron chi connectivity index (χ2n) is 4.68. The van der Waals surface area contributed by atoms with Crippen molar-refractivity contribution in [3.05, 3.63) is 35.9 Å². The van der Waals surface area contributed by atoms with E-state index in [0.29, 0.717) is 6.42 Å². The summed E-state index contributed by atoms with van der Waals surface area (Å²) in [5, 5.41) is 11.4. The molecule has 0 aliphatic rings. The molecular formula is C15H21NO3. The van der Waals surface area contributed by atoms with Gasteiger partial charge in [-0.25, -0.2) is 4.79 Å². The van der Waals surface area contributed by atoms with Gasteiger partial charge >= 0.3 is 5.97 Å². The first kappa shape index (κ1) is 15.2. The van der Waals surface area contributed by atoms with Crippen molar-refractivity contribution in [1.82, 2.24) is 5.32 Å². The molecule has 0 saturated heterocycles. The number of benzene rings is 1. The lowest BCUT2D eigenvalue weighted by atomic mass is 10.0. The third-order valence-electron chi connectivity index (χ3n) is 2.98. The van der Waals surface area contributed by atoms with Crippen molar-refractivity contribution in [2.75, 3.05) is 0 Å². The van der Waals surface area contributed by atoms with E-state index >= 15 is 0 Å². The Morgan fingerprint density at radius 2 is 1.84 bits per heavy atom. The summed E-state index contributed by atoms with van der Waals surface area (Å²) < 4.78 is 0. The number of aliphatic carboxylic acids is 1. The Labute approximate surface area is 113 Å². The maximum atomic E-state index is 10.9. The molecule has 0 saturated carbocycles. The van der Waals surface area contributed by atoms with Crippen molar-refractivity contribution in [1.29, 1.82) is 0 Å². The SMILES string of the molecule is CC(=O)NC(CCCCCc1ccccc1)C(=O)O. The molecular weight excluding hydrogens is 242 g/mol. The Morgan fingerprint density at radius 1 is 1.16 bits per heavy atom. The molecule has 0 fully saturated rings. The number of carboxylic acid groups (broad SMARTS) is 1. The minimum atomic E-state index is -0.960. The van der Waals surface area contributed by atoms with Gasteiger partial charge in [-0.15, -0.1) is 0 Å². The van der Waals surface area contributed by atoms with Crippen LogP contribution < -0.4 is 5.32 Å². The zero-order chi connectivity index (χ0) is 14.1. The van der Waals surface area contributed by atoms with E-state index in [1.165, 1.54) is 12.5 Å². The zero-order valence-electron chi connectivity index (χ0n) is 11.3. The molecule has 104 valence electrons. The van der Waals surface area contributed by atoms with E-state index in [-0.39, 0.29) is 5.91 Å². The molecule has 4 heteroatoms. The Hall–Kier alpha value is -1.84. The fourth-order valence-electron chi connectivity index (χ4n) is 2.00. The summed E-state index contributed by atoms with van der Waals surface area (Å²) in [5.74, 6) is -1.25. The first-order chi connectivity index (χ1) is 9.09. The summed E-state index contributed by atoms with van der Waals surface area (Å²) in [6.45, 7) is 1.34. The monoisotopic (exact) mass is 263 g/mol. The molecule has 1 aromatic rings. The second-order valence-corrected chi connectivity index (χ2v) is 4.68. The minimum absolute atomic E-state index is 0.295. The highest BCUT2D eigenvalue weighted by atomic mass is 16.4. The Balaban J connectivity index is 2.18. The van der Waals surface area contributed by atoms with E-state index in [1.54, 1.807) is 0 Å². The topological polar surface area (TPSA) is 66.4 Å². The summed E-state index contributed by atoms with van der Waals surface area (Å²) in [4.78, 5) is 21.8. The van der Waals surface area contributed by atoms with E-state index < -0.39 is 12.0 Å². The molecule has 0 bridgehead atoms. The standard InChI is InChI=1S/C15H21NO3/c1-12(17)16-14(15(18)19)11-7-3-6-10-13-8-4-2-5-9-13/h2,4-5,8-9,14H,3,6-7,10-11H2,1H3,(H,16,17)(H,18,19). The number of unbranched alkanes of at least 4 members (excludes halogenated alkanes) is 2. The summed E-state index contributed by atoms with van der Waals surface area (Å²) in [6, 6.07) is 9.47. The van der Waals surface area contributed by atoms with Crippen molar-refractivity contribution in [2.24, 2.45) is 0 Å². The fraction of sp³-hybridized carbons (Fsp3) is 0.467. The van der Waals surface area contributed by atoms with E-state index in [9.17, 15) is 9.59 Å². The van der Waals surface area contributed by atoms with Gasteiger partial charge in [0.15, 0.2) is 0 Å². The van der Waals surface area contributed by atoms with Crippen LogP contribution in [0, 0.1) is 0 Å². The van der Waals surface area contributed by atoms with Crippen LogP contribution in [0.3, 0.4) is 0 Å². The molecule has 0 radical (unpaired) electrons. The smallest absolute Gasteiger partial charge is 0.326 e. The predicted molar refractivity (Wildman–Crippen MR) is 73.9 cm³/mol. The summed E-state index contributed by atoms with van der Waals surface area (Å²) in [5.41, 5.74) is 1.30. The van der Waals surface area contributed by atoms with Gasteiger partial charge in [0.1, 0.15) is 6.04 Å². The second kappa shape index (κ2) is 8.29. The van der Waals surface area contributed by atoms with Crippen molar-refractivity contribution in [3.63, 3.8) is 0 Å². The van der Waals surface area contributed by atoms with Crippen LogP contribution in [0.15, 0.2) is 30.3 Å². The molecule has 1 amide bonds. The quantitative estimate of drug-likeness (QED) is 0.708. The van der Waals surface area contributed by atoms with Gasteiger partial charge in [-0.05, 0) is 24.8 Å². The normalized spacial score (nSPS) is 11.8. The number of carboxylic acids is 1. The number of aryl methyl sites for hydroxylation is 1. The first-order valence-corrected chi connectivity index (χ1v) is 6.63. The van der Waals surface area contributed by atoms with Gasteiger partial charge in [-0.3, -0.25) is 4.79 Å². The molecule has 0 heterocycles. The number of amides is 1. The number of hydrogen-bond acceptors (Lipinski definition) is 2. The first-order valence-electron chi connectivity index (χ1n) is 6.63. The Bertz CT molecular complexity index is 403. The average Bonchev–Trinajstić information content (AvgIpc) is 2.37. The van der Waals surface area contributed by atoms with Gasteiger partial charge < -0.3 is 10.4 Å². The highest BCUT2D eigenvalue weighted by Gasteiger charge is 2.17. The van der Waals surface area contributed by atoms with Gasteiger partial charge in [-0.2, -0.15) is 0 Å². The fourth-order valence-corrected chi connectivity index (χ4v) is 2.00. The average molecular weight is 263 g/mol. The lowest BCUT2D eigenvalue weighted by Gasteiger charge is -2.12. The van der Waals surface area contributed by atoms with Crippen LogP contribution in [0.5, 0.6) is 0 Å². The molecule has 0 aliphatic carbocycles. The molecule has 1 atom stereocenters. The third kappa shape index (κ3) is 6.60. The van der Waals surface area contributed by atoms with Crippen molar-refractivity contribution in [2.45, 2.75) is 45.1 Å². The molecule has 1 aromatic carbocycles. The van der Waals surface area contributed by atoms with E-state index in [0.717, 1.165) is 25.7 Å². The van der Waals surface area contributed by atoms with Crippen LogP contribution in [0.2, 0.25) is 0 Å². The van der Waals surface area contributed by atoms with Crippen LogP contribution in [-0.2, 0) is 16.0 Å². The maximum absolute atomic E-state index is 10.9. The van der Waals surface area contributed by atoms with Crippen LogP contribution >= 0.6 is 0 Å². The molecule has 0 spiro atoms. The van der Waals surface area contributed by atoms with E-state index in [1.807, 2.05) is 18.2 Å². The van der Waals surface area contributed by atoms with Crippen LogP contribution in [-0.4, -0.2) is 23.0 Å². The molecule has 0 aliphatic heterocycles. The summed E-state index contributed by atoms with van der Waals surface area (Å²) in [7, 11) is 0. The third-order valence-corrected chi connectivity index (χ3v) is 2.98. The van der Waals surface area contributed by atoms with Crippen molar-refractivity contribution < 1.29 is 14.7 Å². The van der Waals surface area contributed by atoms with Crippen molar-refractivity contribution >= 4 is 11.9 Å². The predicted octanol–water partition coefficient (Wildman–Crippen LogP) is 2.38. The largest absolute Gasteiger partial charge is 0.480 e. The van der Waals surface area contributed by atoms with E-state index in [2.05, 4.69) is 17.4 Å². The Morgan fingerprint density at radius 3 is 2.42 bits per heavy atom. The number of rotatable bonds is 8. The van der Waals surface area contributed by atoms with Gasteiger partial charge in [0.2, 0.25) is 5.91 Å². The number of hydrogen-bond donors (Lipinski definition) is 2. The van der Waals surface area contributed by atoms with Gasteiger partial charge in [0, 0.05) is 6.92 Å². The van der Waals surface area contributed by atoms with E-state index in [4.69, 9.17) is 5.11 Å². The summed E-state index contributed by atoms with van der Waals surface area (Å²) in [6.07, 6.45) is 4.32. The molecule has 1 unspecified atom stereocenters. The number of carbonyl (C=O) groups excluding carboxylic acids is 1. The zero-order valence-corrected chi connectivity index (χ0v) is 11.3. The molecule has 4 nitrogen and oxygen atoms in total. The highest BCUT2D eigenvalue weighted by molar-refractivity contribution is 5.81. The van der Waals surface area contributed by atoms with Crippen LogP contribution in [0.1, 0.15) is 38.2 Å². The van der Waals surface area contributed by atoms with Gasteiger partial charge in [-0.1, -0.05) is 43.2 Å². The van der Waals surface area contributed by atoms with Gasteiger partial charge in [0.05, 0.1) is 0 Å². The maximum Gasteiger partial charge on any atom is 0.326 e. The lowest BCUT2D eigenvalue weighted by molar-refractivity contribution is -0.141. The Kier molecular flexibility index (Phi) is 6.64. The molecule has 2 N–H and O–H groups in total. The number of nitrogens with one attached hydrogen (secondary N) is 1.